The smallest absolute Gasteiger partial charge is 0.241 e. The second-order valence-corrected chi connectivity index (χ2v) is 12.8. The zero-order valence-corrected chi connectivity index (χ0v) is 24.9. The van der Waals surface area contributed by atoms with E-state index >= 15 is 0 Å². The second kappa shape index (κ2) is 12.3. The van der Waals surface area contributed by atoms with E-state index in [9.17, 15) is 22.0 Å². The zero-order valence-electron chi connectivity index (χ0n) is 23.3. The van der Waals surface area contributed by atoms with Crippen LogP contribution in [0.25, 0.3) is 0 Å². The molecule has 0 bridgehead atoms. The van der Waals surface area contributed by atoms with Crippen molar-refractivity contribution in [1.29, 1.82) is 0 Å². The Bertz CT molecular complexity index is 1730. The van der Waals surface area contributed by atoms with Gasteiger partial charge in [-0.3, -0.25) is 4.79 Å². The Morgan fingerprint density at radius 2 is 1.95 bits per heavy atom. The van der Waals surface area contributed by atoms with Crippen molar-refractivity contribution in [2.24, 2.45) is 7.05 Å². The summed E-state index contributed by atoms with van der Waals surface area (Å²) in [6.07, 6.45) is 5.68. The highest BCUT2D eigenvalue weighted by molar-refractivity contribution is 7.89. The lowest BCUT2D eigenvalue weighted by Gasteiger charge is -2.30. The van der Waals surface area contributed by atoms with Crippen LogP contribution in [0.4, 0.5) is 14.5 Å². The summed E-state index contributed by atoms with van der Waals surface area (Å²) in [5, 5.41) is 0.435. The summed E-state index contributed by atoms with van der Waals surface area (Å²) in [6.45, 7) is 1.96. The Labute approximate surface area is 249 Å². The molecule has 220 valence electrons. The predicted octanol–water partition coefficient (Wildman–Crippen LogP) is 5.48. The topological polar surface area (TPSA) is 84.3 Å². The van der Waals surface area contributed by atoms with Crippen molar-refractivity contribution in [3.05, 3.63) is 112 Å². The number of hydrogen-bond acceptors (Lipinski definition) is 4. The first kappa shape index (κ1) is 29.9. The summed E-state index contributed by atoms with van der Waals surface area (Å²) in [5.74, 6) is -1.86. The molecule has 1 aliphatic rings. The Kier molecular flexibility index (Phi) is 8.77. The molecular formula is C31H32ClF2N4O3S+. The second-order valence-electron chi connectivity index (χ2n) is 10.6. The van der Waals surface area contributed by atoms with E-state index in [0.29, 0.717) is 28.5 Å². The third kappa shape index (κ3) is 6.56. The van der Waals surface area contributed by atoms with Gasteiger partial charge in [-0.25, -0.2) is 26.9 Å². The third-order valence-corrected chi connectivity index (χ3v) is 9.41. The van der Waals surface area contributed by atoms with Gasteiger partial charge in [0.1, 0.15) is 5.82 Å². The van der Waals surface area contributed by atoms with Gasteiger partial charge < -0.3 is 9.47 Å². The van der Waals surface area contributed by atoms with E-state index in [1.165, 1.54) is 18.2 Å². The first-order valence-electron chi connectivity index (χ1n) is 13.7. The molecule has 2 atom stereocenters. The van der Waals surface area contributed by atoms with Crippen molar-refractivity contribution in [3.63, 3.8) is 0 Å². The molecule has 7 nitrogen and oxygen atoms in total. The Morgan fingerprint density at radius 1 is 1.14 bits per heavy atom. The molecule has 0 fully saturated rings. The van der Waals surface area contributed by atoms with Gasteiger partial charge in [0.25, 0.3) is 0 Å². The Balaban J connectivity index is 1.46. The molecule has 1 N–H and O–H groups in total. The van der Waals surface area contributed by atoms with E-state index in [2.05, 4.69) is 9.71 Å². The van der Waals surface area contributed by atoms with Crippen molar-refractivity contribution in [1.82, 2.24) is 14.3 Å². The van der Waals surface area contributed by atoms with Crippen LogP contribution in [-0.4, -0.2) is 23.9 Å². The largest absolute Gasteiger partial charge is 0.337 e. The van der Waals surface area contributed by atoms with Crippen molar-refractivity contribution in [2.75, 3.05) is 4.90 Å². The number of aryl methyl sites for hydroxylation is 2. The van der Waals surface area contributed by atoms with Gasteiger partial charge in [-0.2, -0.15) is 0 Å². The highest BCUT2D eigenvalue weighted by Crippen LogP contribution is 2.35. The summed E-state index contributed by atoms with van der Waals surface area (Å²) in [7, 11) is -2.00. The number of amides is 1. The number of carbonyl (C=O) groups is 1. The third-order valence-electron chi connectivity index (χ3n) is 7.68. The monoisotopic (exact) mass is 613 g/mol. The van der Waals surface area contributed by atoms with Crippen molar-refractivity contribution >= 4 is 21.6 Å². The molecule has 5 rings (SSSR count). The lowest BCUT2D eigenvalue weighted by atomic mass is 9.87. The van der Waals surface area contributed by atoms with Crippen LogP contribution in [0.2, 0.25) is 5.02 Å². The molecule has 0 saturated heterocycles. The Hall–Kier alpha value is -3.60. The SMILES string of the molecule is C[C@@H](CC(=O)N(Cc1nccn1C)c1ccc2c(c1)[C@@H](NS(=O)(=O)c1cccc([ClH+])c1)CCC2)c1ccc(F)c(F)c1. The van der Waals surface area contributed by atoms with Gasteiger partial charge in [-0.15, -0.1) is 0 Å². The Morgan fingerprint density at radius 3 is 2.67 bits per heavy atom. The fraction of sp³-hybridized carbons (Fsp3) is 0.290. The summed E-state index contributed by atoms with van der Waals surface area (Å²) < 4.78 is 58.6. The van der Waals surface area contributed by atoms with Crippen LogP contribution in [0.5, 0.6) is 0 Å². The van der Waals surface area contributed by atoms with Gasteiger partial charge in [0.05, 0.1) is 11.4 Å². The summed E-state index contributed by atoms with van der Waals surface area (Å²) in [4.78, 5) is 19.9. The number of nitrogens with one attached hydrogen (secondary N) is 1. The summed E-state index contributed by atoms with van der Waals surface area (Å²) in [6, 6.07) is 15.1. The molecule has 1 aromatic heterocycles. The molecule has 4 aromatic rings. The summed E-state index contributed by atoms with van der Waals surface area (Å²) >= 11 is 5.16. The van der Waals surface area contributed by atoms with Gasteiger partial charge in [0, 0.05) is 49.7 Å². The molecule has 1 aliphatic carbocycles. The molecule has 0 spiro atoms. The van der Waals surface area contributed by atoms with E-state index in [0.717, 1.165) is 36.1 Å². The number of anilines is 1. The van der Waals surface area contributed by atoms with E-state index < -0.39 is 27.7 Å². The average Bonchev–Trinajstić information content (AvgIpc) is 3.37. The van der Waals surface area contributed by atoms with Gasteiger partial charge >= 0.3 is 0 Å². The fourth-order valence-electron chi connectivity index (χ4n) is 5.30. The molecule has 42 heavy (non-hydrogen) atoms. The van der Waals surface area contributed by atoms with Crippen LogP contribution >= 0.6 is 0 Å². The molecule has 1 amide bonds. The number of hydrogen-bond donors (Lipinski definition) is 1. The molecule has 3 aromatic carbocycles. The van der Waals surface area contributed by atoms with Gasteiger partial charge in [-0.1, -0.05) is 25.1 Å². The number of carbonyl (C=O) groups excluding carboxylic acids is 1. The van der Waals surface area contributed by atoms with Gasteiger partial charge in [-0.05, 0) is 72.2 Å². The predicted molar refractivity (Wildman–Crippen MR) is 153 cm³/mol. The fourth-order valence-corrected chi connectivity index (χ4v) is 6.87. The van der Waals surface area contributed by atoms with Crippen LogP contribution in [-0.2, 0) is 34.8 Å². The minimum atomic E-state index is -3.84. The van der Waals surface area contributed by atoms with Crippen molar-refractivity contribution < 1.29 is 33.6 Å². The normalized spacial score (nSPS) is 15.7. The maximum Gasteiger partial charge on any atom is 0.241 e. The lowest BCUT2D eigenvalue weighted by Crippen LogP contribution is -2.34. The number of benzene rings is 3. The standard InChI is InChI=1S/C31H32ClF2N4O3S/c1-20(22-10-12-27(33)28(34)16-22)15-31(39)38(19-30-35-13-14-37(30)2)24-11-9-21-5-3-8-29(26(21)18-24)36-42(40,41)25-7-4-6-23(32)17-25/h4,6-7,9-14,16-18,20,29,32,36H,3,5,8,15,19H2,1-2H3/q+1/t20-,29-/m0/s1. The highest BCUT2D eigenvalue weighted by Gasteiger charge is 2.29. The van der Waals surface area contributed by atoms with Crippen LogP contribution in [0.3, 0.4) is 0 Å². The lowest BCUT2D eigenvalue weighted by molar-refractivity contribution is -0.289. The number of imidazole rings is 1. The van der Waals surface area contributed by atoms with E-state index in [-0.39, 0.29) is 29.7 Å². The van der Waals surface area contributed by atoms with Gasteiger partial charge in [0.2, 0.25) is 21.0 Å². The van der Waals surface area contributed by atoms with E-state index in [1.807, 2.05) is 29.8 Å². The maximum atomic E-state index is 13.9. The van der Waals surface area contributed by atoms with E-state index in [4.69, 9.17) is 11.6 Å². The molecule has 1 heterocycles. The maximum absolute atomic E-state index is 13.9. The number of halogens is 3. The van der Waals surface area contributed by atoms with E-state index in [1.54, 1.807) is 36.4 Å². The number of nitrogens with zero attached hydrogens (tertiary/aromatic N) is 3. The minimum Gasteiger partial charge on any atom is -0.337 e. The quantitative estimate of drug-likeness (QED) is 0.271. The first-order chi connectivity index (χ1) is 20.0. The molecule has 11 heteroatoms. The number of aromatic nitrogens is 2. The molecule has 0 saturated carbocycles. The zero-order chi connectivity index (χ0) is 30.0. The number of fused-ring (bicyclic) bond motifs is 1. The first-order valence-corrected chi connectivity index (χ1v) is 15.5. The van der Waals surface area contributed by atoms with Crippen molar-refractivity contribution in [3.8, 4) is 0 Å². The summed E-state index contributed by atoms with van der Waals surface area (Å²) in [5.41, 5.74) is 2.93. The molecular weight excluding hydrogens is 582 g/mol. The van der Waals surface area contributed by atoms with Crippen LogP contribution in [0.15, 0.2) is 78.0 Å². The molecule has 0 unspecified atom stereocenters. The molecule has 0 radical (unpaired) electrons. The van der Waals surface area contributed by atoms with Crippen LogP contribution in [0.1, 0.15) is 60.7 Å². The van der Waals surface area contributed by atoms with Crippen LogP contribution in [0, 0.1) is 23.2 Å². The number of rotatable bonds is 9. The molecule has 0 aliphatic heterocycles. The number of sulfonamides is 1. The highest BCUT2D eigenvalue weighted by atomic mass is 35.5. The van der Waals surface area contributed by atoms with Gasteiger partial charge in [0.15, 0.2) is 23.2 Å². The minimum absolute atomic E-state index is 0.0417. The van der Waals surface area contributed by atoms with Crippen molar-refractivity contribution in [2.45, 2.75) is 56.0 Å². The van der Waals surface area contributed by atoms with Crippen LogP contribution < -0.4 is 9.62 Å². The average molecular weight is 614 g/mol.